The molecule has 2 aromatic carbocycles. The van der Waals surface area contributed by atoms with Gasteiger partial charge in [-0.25, -0.2) is 9.37 Å². The van der Waals surface area contributed by atoms with Crippen LogP contribution < -0.4 is 15.5 Å². The van der Waals surface area contributed by atoms with Crippen LogP contribution in [0.5, 0.6) is 0 Å². The van der Waals surface area contributed by atoms with E-state index in [1.165, 1.54) is 52.2 Å². The lowest BCUT2D eigenvalue weighted by atomic mass is 10.1. The van der Waals surface area contributed by atoms with E-state index in [0.717, 1.165) is 11.8 Å². The molecule has 0 radical (unpaired) electrons. The number of nitrogens with one attached hydrogen (secondary N) is 2. The number of nitrogens with zero attached hydrogens (tertiary/aromatic N) is 5. The second-order valence-electron chi connectivity index (χ2n) is 11.6. The van der Waals surface area contributed by atoms with E-state index in [1.54, 1.807) is 36.5 Å². The summed E-state index contributed by atoms with van der Waals surface area (Å²) in [6, 6.07) is 17.6. The molecule has 2 fully saturated rings. The zero-order chi connectivity index (χ0) is 36.8. The molecular weight excluding hydrogens is 682 g/mol. The van der Waals surface area contributed by atoms with Crippen LogP contribution in [0.15, 0.2) is 90.3 Å². The molecule has 6 rings (SSSR count). The summed E-state index contributed by atoms with van der Waals surface area (Å²) in [5, 5.41) is 16.7. The summed E-state index contributed by atoms with van der Waals surface area (Å²) in [5.74, 6) is -2.44. The smallest absolute Gasteiger partial charge is 0.287 e. The zero-order valence-corrected chi connectivity index (χ0v) is 28.3. The van der Waals surface area contributed by atoms with Gasteiger partial charge < -0.3 is 20.4 Å². The van der Waals surface area contributed by atoms with Gasteiger partial charge in [0.1, 0.15) is 17.0 Å². The largest absolute Gasteiger partial charge is 0.368 e. The number of anilines is 2. The molecule has 2 atom stereocenters. The molecule has 0 spiro atoms. The lowest BCUT2D eigenvalue weighted by molar-refractivity contribution is -0.385. The van der Waals surface area contributed by atoms with Gasteiger partial charge in [0.05, 0.1) is 4.92 Å². The number of nitro groups is 1. The Labute approximate surface area is 298 Å². The molecule has 1 aliphatic heterocycles. The normalized spacial score (nSPS) is 18.4. The molecule has 50 heavy (non-hydrogen) atoms. The highest BCUT2D eigenvalue weighted by Gasteiger charge is 2.44. The summed E-state index contributed by atoms with van der Waals surface area (Å²) >= 11 is 0. The van der Waals surface area contributed by atoms with E-state index in [2.05, 4.69) is 25.5 Å². The summed E-state index contributed by atoms with van der Waals surface area (Å²) in [4.78, 5) is 60.7. The first kappa shape index (κ1) is 32.2. The predicted molar refractivity (Wildman–Crippen MR) is 190 cm³/mol. The van der Waals surface area contributed by atoms with Crippen molar-refractivity contribution in [3.8, 4) is 0 Å². The SMILES string of the molecule is [2H]C1([2H])[C@H](C(=O)Nc2ccc(CNC(=O)c3ccc(N4CCN(C(=O)CCSSc5ccc([N+](=O)[O-])cn5)CC4)cc3)c(F)c2)[C@H]1c1cccnc1. The van der Waals surface area contributed by atoms with Crippen molar-refractivity contribution in [1.82, 2.24) is 20.2 Å². The molecule has 2 aliphatic rings. The van der Waals surface area contributed by atoms with Gasteiger partial charge in [0.15, 0.2) is 0 Å². The van der Waals surface area contributed by atoms with Crippen LogP contribution in [0.4, 0.5) is 21.5 Å². The van der Waals surface area contributed by atoms with E-state index in [0.29, 0.717) is 54.5 Å². The lowest BCUT2D eigenvalue weighted by Gasteiger charge is -2.36. The van der Waals surface area contributed by atoms with E-state index in [1.807, 2.05) is 17.0 Å². The molecule has 0 bridgehead atoms. The number of benzene rings is 2. The molecule has 0 unspecified atom stereocenters. The van der Waals surface area contributed by atoms with Crippen LogP contribution in [-0.4, -0.2) is 69.4 Å². The number of amides is 3. The second-order valence-corrected chi connectivity index (χ2v) is 14.0. The van der Waals surface area contributed by atoms with Crippen LogP contribution in [0.25, 0.3) is 0 Å². The maximum absolute atomic E-state index is 14.9. The summed E-state index contributed by atoms with van der Waals surface area (Å²) in [7, 11) is 2.84. The highest BCUT2D eigenvalue weighted by molar-refractivity contribution is 8.76. The van der Waals surface area contributed by atoms with Gasteiger partial charge >= 0.3 is 0 Å². The van der Waals surface area contributed by atoms with Gasteiger partial charge in [0, 0.05) is 94.5 Å². The van der Waals surface area contributed by atoms with Crippen LogP contribution in [0.3, 0.4) is 0 Å². The van der Waals surface area contributed by atoms with Crippen molar-refractivity contribution in [2.75, 3.05) is 42.1 Å². The third-order valence-corrected chi connectivity index (χ3v) is 10.5. The first-order valence-electron chi connectivity index (χ1n) is 16.8. The van der Waals surface area contributed by atoms with Crippen molar-refractivity contribution in [3.05, 3.63) is 118 Å². The Morgan fingerprint density at radius 2 is 1.84 bits per heavy atom. The van der Waals surface area contributed by atoms with Crippen molar-refractivity contribution < 1.29 is 26.4 Å². The van der Waals surface area contributed by atoms with Crippen molar-refractivity contribution in [2.24, 2.45) is 5.92 Å². The quantitative estimate of drug-likeness (QED) is 0.0766. The average molecular weight is 718 g/mol. The van der Waals surface area contributed by atoms with E-state index in [9.17, 15) is 28.9 Å². The Morgan fingerprint density at radius 1 is 1.04 bits per heavy atom. The van der Waals surface area contributed by atoms with E-state index >= 15 is 0 Å². The molecule has 2 N–H and O–H groups in total. The fourth-order valence-electron chi connectivity index (χ4n) is 5.44. The number of carbonyl (C=O) groups is 3. The summed E-state index contributed by atoms with van der Waals surface area (Å²) in [6.45, 7) is 2.34. The molecule has 1 aliphatic carbocycles. The van der Waals surface area contributed by atoms with Crippen molar-refractivity contribution in [3.63, 3.8) is 0 Å². The summed E-state index contributed by atoms with van der Waals surface area (Å²) in [6.07, 6.45) is 2.97. The molecule has 4 aromatic rings. The van der Waals surface area contributed by atoms with Crippen LogP contribution >= 0.6 is 21.6 Å². The Hall–Kier alpha value is -5.02. The van der Waals surface area contributed by atoms with Crippen LogP contribution in [-0.2, 0) is 16.1 Å². The summed E-state index contributed by atoms with van der Waals surface area (Å²) < 4.78 is 31.4. The number of aromatic nitrogens is 2. The minimum atomic E-state index is -1.73. The number of halogens is 1. The summed E-state index contributed by atoms with van der Waals surface area (Å²) in [5.41, 5.74) is 2.31. The highest BCUT2D eigenvalue weighted by Crippen LogP contribution is 2.47. The molecular formula is C35H34FN7O5S2. The molecule has 3 amide bonds. The maximum atomic E-state index is 14.9. The lowest BCUT2D eigenvalue weighted by Crippen LogP contribution is -2.48. The fraction of sp³-hybridized carbons (Fsp3) is 0.286. The average Bonchev–Trinajstić information content (AvgIpc) is 3.75. The van der Waals surface area contributed by atoms with Crippen LogP contribution in [0, 0.1) is 21.8 Å². The van der Waals surface area contributed by atoms with E-state index < -0.39 is 34.9 Å². The van der Waals surface area contributed by atoms with E-state index in [-0.39, 0.29) is 35.3 Å². The highest BCUT2D eigenvalue weighted by atomic mass is 33.1. The third-order valence-electron chi connectivity index (χ3n) is 8.27. The number of piperazine rings is 1. The van der Waals surface area contributed by atoms with Gasteiger partial charge in [0.2, 0.25) is 11.8 Å². The van der Waals surface area contributed by atoms with Crippen molar-refractivity contribution in [1.29, 1.82) is 0 Å². The Bertz CT molecular complexity index is 1940. The number of carbonyl (C=O) groups excluding carboxylic acids is 3. The van der Waals surface area contributed by atoms with Crippen molar-refractivity contribution in [2.45, 2.75) is 30.3 Å². The van der Waals surface area contributed by atoms with Gasteiger partial charge in [-0.1, -0.05) is 22.9 Å². The second kappa shape index (κ2) is 16.1. The van der Waals surface area contributed by atoms with Gasteiger partial charge in [-0.3, -0.25) is 29.5 Å². The van der Waals surface area contributed by atoms with Crippen LogP contribution in [0.1, 0.15) is 42.9 Å². The van der Waals surface area contributed by atoms with E-state index in [4.69, 9.17) is 2.74 Å². The molecule has 3 heterocycles. The third kappa shape index (κ3) is 8.95. The number of hydrogen-bond donors (Lipinski definition) is 2. The number of hydrogen-bond acceptors (Lipinski definition) is 10. The monoisotopic (exact) mass is 717 g/mol. The maximum Gasteiger partial charge on any atom is 0.287 e. The Morgan fingerprint density at radius 3 is 2.52 bits per heavy atom. The van der Waals surface area contributed by atoms with Crippen molar-refractivity contribution >= 4 is 56.4 Å². The standard InChI is InChI=1S/C35H34FN7O5S2/c36-31-18-26(40-35(46)30-19-29(30)24-2-1-12-37-20-24)6-3-25(31)21-39-34(45)23-4-7-27(8-5-23)41-13-15-42(16-14-41)33(44)11-17-49-50-32-10-9-28(22-38-32)43(47)48/h1-10,12,18,20,22,29-30H,11,13-17,19,21H2,(H,39,45)(H,40,46)/t29-,30+/m1/s1/i19D2. The first-order chi connectivity index (χ1) is 25.0. The van der Waals surface area contributed by atoms with Gasteiger partial charge in [-0.05, 0) is 77.2 Å². The Kier molecular flexibility index (Phi) is 10.4. The molecule has 15 heteroatoms. The predicted octanol–water partition coefficient (Wildman–Crippen LogP) is 5.68. The minimum Gasteiger partial charge on any atom is -0.368 e. The number of rotatable bonds is 13. The minimum absolute atomic E-state index is 0.0600. The molecule has 12 nitrogen and oxygen atoms in total. The molecule has 1 saturated carbocycles. The van der Waals surface area contributed by atoms with Gasteiger partial charge in [0.25, 0.3) is 11.6 Å². The molecule has 258 valence electrons. The zero-order valence-electron chi connectivity index (χ0n) is 28.7. The van der Waals surface area contributed by atoms with Crippen LogP contribution in [0.2, 0.25) is 0 Å². The fourth-order valence-corrected chi connectivity index (χ4v) is 7.28. The molecule has 1 saturated heterocycles. The number of pyridine rings is 2. The molecule has 2 aromatic heterocycles. The Balaban J connectivity index is 0.912. The van der Waals surface area contributed by atoms with Gasteiger partial charge in [-0.2, -0.15) is 0 Å². The topological polar surface area (TPSA) is 151 Å². The first-order valence-corrected chi connectivity index (χ1v) is 18.1. The van der Waals surface area contributed by atoms with Gasteiger partial charge in [-0.15, -0.1) is 0 Å².